The Hall–Kier alpha value is -0.0900. The molecule has 10 heavy (non-hydrogen) atoms. The van der Waals surface area contributed by atoms with Crippen LogP contribution in [0.2, 0.25) is 0 Å². The number of nitrogens with two attached hydrogens (primary N) is 1. The van der Waals surface area contributed by atoms with Crippen molar-refractivity contribution in [2.45, 2.75) is 31.1 Å². The Morgan fingerprint density at radius 1 is 1.60 bits per heavy atom. The monoisotopic (exact) mass is 163 g/mol. The molecular weight excluding hydrogens is 150 g/mol. The van der Waals surface area contributed by atoms with Crippen molar-refractivity contribution < 1.29 is 8.42 Å². The summed E-state index contributed by atoms with van der Waals surface area (Å²) in [6, 6.07) is -0.201. The van der Waals surface area contributed by atoms with Crippen molar-refractivity contribution in [3.8, 4) is 0 Å². The minimum absolute atomic E-state index is 0.201. The maximum absolute atomic E-state index is 11.1. The van der Waals surface area contributed by atoms with Gasteiger partial charge in [-0.25, -0.2) is 8.42 Å². The molecule has 0 amide bonds. The third-order valence-electron chi connectivity index (χ3n) is 1.97. The Morgan fingerprint density at radius 2 is 2.20 bits per heavy atom. The van der Waals surface area contributed by atoms with Gasteiger partial charge in [-0.15, -0.1) is 0 Å². The molecule has 1 fully saturated rings. The molecule has 0 bridgehead atoms. The van der Waals surface area contributed by atoms with Crippen LogP contribution in [0.15, 0.2) is 0 Å². The Labute approximate surface area is 61.5 Å². The predicted octanol–water partition coefficient (Wildman–Crippen LogP) is -0.0892. The van der Waals surface area contributed by atoms with Gasteiger partial charge in [-0.2, -0.15) is 0 Å². The van der Waals surface area contributed by atoms with Gasteiger partial charge in [0.1, 0.15) is 0 Å². The third kappa shape index (κ3) is 1.32. The second-order valence-electron chi connectivity index (χ2n) is 2.91. The van der Waals surface area contributed by atoms with E-state index >= 15 is 0 Å². The van der Waals surface area contributed by atoms with Crippen LogP contribution in [0.3, 0.4) is 0 Å². The summed E-state index contributed by atoms with van der Waals surface area (Å²) in [6.45, 7) is 1.76. The first-order valence-electron chi connectivity index (χ1n) is 3.51. The lowest BCUT2D eigenvalue weighted by Gasteiger charge is -2.11. The standard InChI is InChI=1S/C6H13NO2S/c1-5(7)6-3-2-4-10(6,8)9/h5-6H,2-4,7H2,1H3. The van der Waals surface area contributed by atoms with Gasteiger partial charge in [0, 0.05) is 6.04 Å². The van der Waals surface area contributed by atoms with Crippen LogP contribution in [-0.2, 0) is 9.84 Å². The van der Waals surface area contributed by atoms with E-state index in [-0.39, 0.29) is 11.3 Å². The van der Waals surface area contributed by atoms with Crippen LogP contribution in [0.1, 0.15) is 19.8 Å². The molecule has 60 valence electrons. The fourth-order valence-electron chi connectivity index (χ4n) is 1.41. The smallest absolute Gasteiger partial charge is 0.154 e. The molecule has 1 saturated heterocycles. The molecule has 0 aromatic heterocycles. The highest BCUT2D eigenvalue weighted by Gasteiger charge is 2.33. The fourth-order valence-corrected chi connectivity index (χ4v) is 3.46. The highest BCUT2D eigenvalue weighted by Crippen LogP contribution is 2.21. The van der Waals surface area contributed by atoms with E-state index in [4.69, 9.17) is 5.73 Å². The van der Waals surface area contributed by atoms with Gasteiger partial charge in [-0.05, 0) is 19.8 Å². The number of sulfone groups is 1. The van der Waals surface area contributed by atoms with E-state index in [1.54, 1.807) is 6.92 Å². The van der Waals surface area contributed by atoms with Gasteiger partial charge < -0.3 is 5.73 Å². The van der Waals surface area contributed by atoms with Crippen LogP contribution >= 0.6 is 0 Å². The lowest BCUT2D eigenvalue weighted by molar-refractivity contribution is 0.570. The van der Waals surface area contributed by atoms with Crippen molar-refractivity contribution in [3.05, 3.63) is 0 Å². The Balaban J connectivity index is 2.79. The molecule has 0 aromatic carbocycles. The van der Waals surface area contributed by atoms with Gasteiger partial charge in [-0.1, -0.05) is 0 Å². The highest BCUT2D eigenvalue weighted by atomic mass is 32.2. The molecule has 3 nitrogen and oxygen atoms in total. The van der Waals surface area contributed by atoms with E-state index in [9.17, 15) is 8.42 Å². The molecule has 2 atom stereocenters. The van der Waals surface area contributed by atoms with Crippen LogP contribution in [0.5, 0.6) is 0 Å². The van der Waals surface area contributed by atoms with Crippen LogP contribution < -0.4 is 5.73 Å². The Kier molecular flexibility index (Phi) is 2.01. The molecule has 2 unspecified atom stereocenters. The first kappa shape index (κ1) is 8.01. The first-order valence-corrected chi connectivity index (χ1v) is 5.23. The average Bonchev–Trinajstić information content (AvgIpc) is 2.08. The second kappa shape index (κ2) is 2.51. The summed E-state index contributed by atoms with van der Waals surface area (Å²) < 4.78 is 22.2. The van der Waals surface area contributed by atoms with E-state index in [2.05, 4.69) is 0 Å². The highest BCUT2D eigenvalue weighted by molar-refractivity contribution is 7.92. The van der Waals surface area contributed by atoms with Crippen molar-refractivity contribution in [1.82, 2.24) is 0 Å². The van der Waals surface area contributed by atoms with Crippen LogP contribution in [0, 0.1) is 0 Å². The number of hydrogen-bond acceptors (Lipinski definition) is 3. The maximum atomic E-state index is 11.1. The zero-order chi connectivity index (χ0) is 7.78. The van der Waals surface area contributed by atoms with E-state index in [0.29, 0.717) is 5.75 Å². The molecule has 1 aliphatic heterocycles. The summed E-state index contributed by atoms with van der Waals surface area (Å²) in [5.41, 5.74) is 5.49. The van der Waals surface area contributed by atoms with Crippen molar-refractivity contribution in [2.75, 3.05) is 5.75 Å². The van der Waals surface area contributed by atoms with Crippen molar-refractivity contribution in [3.63, 3.8) is 0 Å². The van der Waals surface area contributed by atoms with Gasteiger partial charge in [0.2, 0.25) is 0 Å². The molecule has 1 aliphatic rings. The Bertz CT molecular complexity index is 208. The molecule has 0 aromatic rings. The van der Waals surface area contributed by atoms with E-state index in [1.807, 2.05) is 0 Å². The summed E-state index contributed by atoms with van der Waals surface area (Å²) in [7, 11) is -2.81. The predicted molar refractivity (Wildman–Crippen MR) is 40.5 cm³/mol. The summed E-state index contributed by atoms with van der Waals surface area (Å²) in [6.07, 6.45) is 1.54. The largest absolute Gasteiger partial charge is 0.327 e. The SMILES string of the molecule is CC(N)C1CCCS1(=O)=O. The molecule has 1 rings (SSSR count). The van der Waals surface area contributed by atoms with Crippen LogP contribution in [0.4, 0.5) is 0 Å². The summed E-state index contributed by atoms with van der Waals surface area (Å²) >= 11 is 0. The lowest BCUT2D eigenvalue weighted by Crippen LogP contribution is -2.35. The molecule has 1 heterocycles. The van der Waals surface area contributed by atoms with Crippen LogP contribution in [-0.4, -0.2) is 25.5 Å². The molecule has 4 heteroatoms. The number of hydrogen-bond donors (Lipinski definition) is 1. The van der Waals surface area contributed by atoms with Gasteiger partial charge in [0.05, 0.1) is 11.0 Å². The summed E-state index contributed by atoms with van der Waals surface area (Å²) in [5, 5.41) is -0.271. The minimum atomic E-state index is -2.81. The first-order chi connectivity index (χ1) is 4.54. The van der Waals surface area contributed by atoms with Crippen molar-refractivity contribution >= 4 is 9.84 Å². The lowest BCUT2D eigenvalue weighted by atomic mass is 10.2. The molecule has 0 aliphatic carbocycles. The van der Waals surface area contributed by atoms with E-state index in [1.165, 1.54) is 0 Å². The zero-order valence-electron chi connectivity index (χ0n) is 6.08. The van der Waals surface area contributed by atoms with E-state index in [0.717, 1.165) is 12.8 Å². The number of rotatable bonds is 1. The quantitative estimate of drug-likeness (QED) is 0.587. The van der Waals surface area contributed by atoms with Gasteiger partial charge in [0.25, 0.3) is 0 Å². The molecule has 0 radical (unpaired) electrons. The molecule has 2 N–H and O–H groups in total. The average molecular weight is 163 g/mol. The van der Waals surface area contributed by atoms with Gasteiger partial charge >= 0.3 is 0 Å². The van der Waals surface area contributed by atoms with Crippen molar-refractivity contribution in [2.24, 2.45) is 5.73 Å². The minimum Gasteiger partial charge on any atom is -0.327 e. The maximum Gasteiger partial charge on any atom is 0.154 e. The van der Waals surface area contributed by atoms with Gasteiger partial charge in [-0.3, -0.25) is 0 Å². The fraction of sp³-hybridized carbons (Fsp3) is 1.00. The summed E-state index contributed by atoms with van der Waals surface area (Å²) in [5.74, 6) is 0.333. The zero-order valence-corrected chi connectivity index (χ0v) is 6.89. The second-order valence-corrected chi connectivity index (χ2v) is 5.25. The Morgan fingerprint density at radius 3 is 2.40 bits per heavy atom. The normalized spacial score (nSPS) is 34.0. The molecule has 0 spiro atoms. The van der Waals surface area contributed by atoms with Crippen LogP contribution in [0.25, 0.3) is 0 Å². The van der Waals surface area contributed by atoms with E-state index < -0.39 is 9.84 Å². The topological polar surface area (TPSA) is 60.2 Å². The third-order valence-corrected chi connectivity index (χ3v) is 4.41. The molecular formula is C6H13NO2S. The van der Waals surface area contributed by atoms with Gasteiger partial charge in [0.15, 0.2) is 9.84 Å². The van der Waals surface area contributed by atoms with Crippen molar-refractivity contribution in [1.29, 1.82) is 0 Å². The molecule has 0 saturated carbocycles. The summed E-state index contributed by atoms with van der Waals surface area (Å²) in [4.78, 5) is 0.